The van der Waals surface area contributed by atoms with Gasteiger partial charge in [-0.3, -0.25) is 5.10 Å². The molecule has 0 amide bonds. The fourth-order valence-electron chi connectivity index (χ4n) is 1.53. The van der Waals surface area contributed by atoms with Gasteiger partial charge in [0, 0.05) is 22.7 Å². The Morgan fingerprint density at radius 1 is 1.24 bits per heavy atom. The summed E-state index contributed by atoms with van der Waals surface area (Å²) in [4.78, 5) is 0. The normalized spacial score (nSPS) is 10.9. The fourth-order valence-corrected chi connectivity index (χ4v) is 1.92. The van der Waals surface area contributed by atoms with E-state index in [1.165, 1.54) is 0 Å². The van der Waals surface area contributed by atoms with Crippen LogP contribution in [0.25, 0.3) is 11.3 Å². The monoisotopic (exact) mass is 269 g/mol. The number of rotatable bonds is 3. The van der Waals surface area contributed by atoms with Crippen LogP contribution in [0.5, 0.6) is 0 Å². The van der Waals surface area contributed by atoms with E-state index >= 15 is 0 Å². The van der Waals surface area contributed by atoms with Crippen molar-refractivity contribution < 1.29 is 0 Å². The Balaban J connectivity index is 2.33. The van der Waals surface area contributed by atoms with Crippen LogP contribution in [0.2, 0.25) is 10.0 Å². The van der Waals surface area contributed by atoms with Gasteiger partial charge in [0.15, 0.2) is 0 Å². The third kappa shape index (κ3) is 2.93. The minimum absolute atomic E-state index is 0.334. The Morgan fingerprint density at radius 3 is 2.71 bits per heavy atom. The van der Waals surface area contributed by atoms with Crippen LogP contribution in [0, 0.1) is 0 Å². The van der Waals surface area contributed by atoms with E-state index in [-0.39, 0.29) is 0 Å². The molecule has 2 rings (SSSR count). The first-order valence-corrected chi connectivity index (χ1v) is 6.09. The minimum Gasteiger partial charge on any atom is -0.366 e. The molecular weight excluding hydrogens is 257 g/mol. The average Bonchev–Trinajstić information content (AvgIpc) is 2.69. The summed E-state index contributed by atoms with van der Waals surface area (Å²) >= 11 is 12.1. The fraction of sp³-hybridized carbons (Fsp3) is 0.250. The van der Waals surface area contributed by atoms with Crippen molar-refractivity contribution >= 4 is 29.0 Å². The van der Waals surface area contributed by atoms with Crippen molar-refractivity contribution in [2.24, 2.45) is 0 Å². The van der Waals surface area contributed by atoms with E-state index in [1.54, 1.807) is 12.1 Å². The Kier molecular flexibility index (Phi) is 3.60. The highest BCUT2D eigenvalue weighted by molar-refractivity contribution is 6.35. The maximum absolute atomic E-state index is 6.12. The molecule has 0 saturated carbocycles. The van der Waals surface area contributed by atoms with Gasteiger partial charge < -0.3 is 5.32 Å². The van der Waals surface area contributed by atoms with Gasteiger partial charge in [-0.05, 0) is 32.0 Å². The molecule has 90 valence electrons. The van der Waals surface area contributed by atoms with Gasteiger partial charge >= 0.3 is 0 Å². The van der Waals surface area contributed by atoms with Crippen LogP contribution < -0.4 is 5.32 Å². The Morgan fingerprint density at radius 2 is 2.00 bits per heavy atom. The summed E-state index contributed by atoms with van der Waals surface area (Å²) in [6.07, 6.45) is 0. The number of halogens is 2. The van der Waals surface area contributed by atoms with Crippen LogP contribution >= 0.6 is 23.2 Å². The largest absolute Gasteiger partial charge is 0.366 e. The van der Waals surface area contributed by atoms with Crippen LogP contribution in [-0.2, 0) is 0 Å². The molecule has 0 unspecified atom stereocenters. The molecule has 0 radical (unpaired) electrons. The van der Waals surface area contributed by atoms with Gasteiger partial charge in [-0.1, -0.05) is 23.2 Å². The van der Waals surface area contributed by atoms with Crippen molar-refractivity contribution in [3.63, 3.8) is 0 Å². The van der Waals surface area contributed by atoms with Crippen LogP contribution in [0.1, 0.15) is 13.8 Å². The van der Waals surface area contributed by atoms with Crippen molar-refractivity contribution in [3.8, 4) is 11.3 Å². The molecule has 0 bridgehead atoms. The molecule has 1 aromatic carbocycles. The standard InChI is InChI=1S/C12H13Cl2N3/c1-7(2)15-12-6-11(16-17-12)9-5-8(13)3-4-10(9)14/h3-7H,1-2H3,(H2,15,16,17). The van der Waals surface area contributed by atoms with Crippen molar-refractivity contribution in [1.82, 2.24) is 10.2 Å². The molecule has 0 spiro atoms. The second kappa shape index (κ2) is 4.98. The van der Waals surface area contributed by atoms with Gasteiger partial charge in [-0.15, -0.1) is 0 Å². The number of nitrogens with one attached hydrogen (secondary N) is 2. The third-order valence-electron chi connectivity index (χ3n) is 2.23. The molecule has 0 fully saturated rings. The third-order valence-corrected chi connectivity index (χ3v) is 2.80. The maximum atomic E-state index is 6.12. The van der Waals surface area contributed by atoms with E-state index in [4.69, 9.17) is 23.2 Å². The molecule has 0 atom stereocenters. The van der Waals surface area contributed by atoms with Crippen molar-refractivity contribution in [2.45, 2.75) is 19.9 Å². The Labute approximate surface area is 110 Å². The highest BCUT2D eigenvalue weighted by Gasteiger charge is 2.08. The van der Waals surface area contributed by atoms with Crippen LogP contribution in [-0.4, -0.2) is 16.2 Å². The molecule has 0 saturated heterocycles. The first-order chi connectivity index (χ1) is 8.06. The summed E-state index contributed by atoms with van der Waals surface area (Å²) in [6.45, 7) is 4.11. The highest BCUT2D eigenvalue weighted by Crippen LogP contribution is 2.30. The topological polar surface area (TPSA) is 40.7 Å². The zero-order valence-electron chi connectivity index (χ0n) is 9.59. The molecule has 1 heterocycles. The summed E-state index contributed by atoms with van der Waals surface area (Å²) in [5, 5.41) is 11.6. The summed E-state index contributed by atoms with van der Waals surface area (Å²) in [5.41, 5.74) is 1.70. The molecule has 17 heavy (non-hydrogen) atoms. The molecular formula is C12H13Cl2N3. The van der Waals surface area contributed by atoms with Crippen LogP contribution in [0.3, 0.4) is 0 Å². The lowest BCUT2D eigenvalue weighted by Gasteiger charge is -2.04. The van der Waals surface area contributed by atoms with Crippen LogP contribution in [0.15, 0.2) is 24.3 Å². The number of anilines is 1. The smallest absolute Gasteiger partial charge is 0.148 e. The van der Waals surface area contributed by atoms with E-state index in [9.17, 15) is 0 Å². The maximum Gasteiger partial charge on any atom is 0.148 e. The second-order valence-electron chi connectivity index (χ2n) is 4.09. The lowest BCUT2D eigenvalue weighted by molar-refractivity contribution is 0.884. The van der Waals surface area contributed by atoms with Gasteiger partial charge in [0.2, 0.25) is 0 Å². The number of aromatic nitrogens is 2. The number of aromatic amines is 1. The number of hydrogen-bond acceptors (Lipinski definition) is 2. The average molecular weight is 270 g/mol. The zero-order chi connectivity index (χ0) is 12.4. The first-order valence-electron chi connectivity index (χ1n) is 5.33. The number of nitrogens with zero attached hydrogens (tertiary/aromatic N) is 1. The molecule has 3 nitrogen and oxygen atoms in total. The molecule has 5 heteroatoms. The highest BCUT2D eigenvalue weighted by atomic mass is 35.5. The van der Waals surface area contributed by atoms with Gasteiger partial charge in [0.25, 0.3) is 0 Å². The van der Waals surface area contributed by atoms with E-state index < -0.39 is 0 Å². The predicted octanol–water partition coefficient (Wildman–Crippen LogP) is 4.20. The summed E-state index contributed by atoms with van der Waals surface area (Å²) in [5.74, 6) is 0.797. The van der Waals surface area contributed by atoms with Crippen LogP contribution in [0.4, 0.5) is 5.82 Å². The van der Waals surface area contributed by atoms with Gasteiger partial charge in [0.1, 0.15) is 5.82 Å². The van der Waals surface area contributed by atoms with E-state index in [0.717, 1.165) is 17.1 Å². The SMILES string of the molecule is CC(C)Nc1cc(-c2cc(Cl)ccc2Cl)[nH]n1. The van der Waals surface area contributed by atoms with Crippen molar-refractivity contribution in [2.75, 3.05) is 5.32 Å². The Hall–Kier alpha value is -1.19. The van der Waals surface area contributed by atoms with E-state index in [2.05, 4.69) is 29.4 Å². The lowest BCUT2D eigenvalue weighted by Crippen LogP contribution is -2.09. The quantitative estimate of drug-likeness (QED) is 0.877. The first kappa shape index (κ1) is 12.3. The molecule has 1 aromatic heterocycles. The summed E-state index contributed by atoms with van der Waals surface area (Å²) in [6, 6.07) is 7.60. The second-order valence-corrected chi connectivity index (χ2v) is 4.93. The minimum atomic E-state index is 0.334. The number of H-pyrrole nitrogens is 1. The molecule has 2 N–H and O–H groups in total. The predicted molar refractivity (Wildman–Crippen MR) is 72.8 cm³/mol. The van der Waals surface area contributed by atoms with E-state index in [0.29, 0.717) is 16.1 Å². The number of hydrogen-bond donors (Lipinski definition) is 2. The van der Waals surface area contributed by atoms with Crippen molar-refractivity contribution in [1.29, 1.82) is 0 Å². The lowest BCUT2D eigenvalue weighted by atomic mass is 10.1. The van der Waals surface area contributed by atoms with Gasteiger partial charge in [-0.2, -0.15) is 5.10 Å². The van der Waals surface area contributed by atoms with E-state index in [1.807, 2.05) is 12.1 Å². The molecule has 0 aliphatic heterocycles. The van der Waals surface area contributed by atoms with Crippen molar-refractivity contribution in [3.05, 3.63) is 34.3 Å². The van der Waals surface area contributed by atoms with Gasteiger partial charge in [-0.25, -0.2) is 0 Å². The summed E-state index contributed by atoms with van der Waals surface area (Å²) < 4.78 is 0. The molecule has 0 aliphatic carbocycles. The molecule has 2 aromatic rings. The zero-order valence-corrected chi connectivity index (χ0v) is 11.1. The molecule has 0 aliphatic rings. The summed E-state index contributed by atoms with van der Waals surface area (Å²) in [7, 11) is 0. The Bertz CT molecular complexity index is 520. The van der Waals surface area contributed by atoms with Gasteiger partial charge in [0.05, 0.1) is 10.7 Å². The number of benzene rings is 1.